The molecule has 7 heteroatoms. The van der Waals surface area contributed by atoms with E-state index in [1.807, 2.05) is 46.0 Å². The highest BCUT2D eigenvalue weighted by atomic mass is 35.5. The van der Waals surface area contributed by atoms with Gasteiger partial charge in [-0.3, -0.25) is 9.69 Å². The Morgan fingerprint density at radius 1 is 1.21 bits per heavy atom. The van der Waals surface area contributed by atoms with Crippen LogP contribution in [-0.4, -0.2) is 52.2 Å². The van der Waals surface area contributed by atoms with Gasteiger partial charge in [-0.1, -0.05) is 50.6 Å². The van der Waals surface area contributed by atoms with Crippen molar-refractivity contribution in [3.05, 3.63) is 76.1 Å². The van der Waals surface area contributed by atoms with E-state index in [1.54, 1.807) is 19.2 Å². The number of rotatable bonds is 8. The van der Waals surface area contributed by atoms with E-state index in [0.717, 1.165) is 43.2 Å². The second-order valence-electron chi connectivity index (χ2n) is 9.16. The Hall–Kier alpha value is -2.83. The van der Waals surface area contributed by atoms with Gasteiger partial charge in [0.25, 0.3) is 5.91 Å². The van der Waals surface area contributed by atoms with Crippen molar-refractivity contribution in [3.8, 4) is 11.4 Å². The molecule has 4 rings (SSSR count). The van der Waals surface area contributed by atoms with Crippen LogP contribution in [0.2, 0.25) is 5.02 Å². The summed E-state index contributed by atoms with van der Waals surface area (Å²) in [7, 11) is 1.68. The van der Waals surface area contributed by atoms with Crippen LogP contribution in [0.15, 0.2) is 48.5 Å². The predicted octanol–water partition coefficient (Wildman–Crippen LogP) is 5.21. The number of methoxy groups -OCH3 is 1. The van der Waals surface area contributed by atoms with Gasteiger partial charge in [0, 0.05) is 42.2 Å². The van der Waals surface area contributed by atoms with E-state index in [0.29, 0.717) is 29.6 Å². The zero-order chi connectivity index (χ0) is 24.2. The van der Waals surface area contributed by atoms with Gasteiger partial charge in [-0.2, -0.15) is 5.10 Å². The number of amides is 1. The average molecular weight is 481 g/mol. The molecule has 0 saturated heterocycles. The van der Waals surface area contributed by atoms with Crippen LogP contribution in [0.4, 0.5) is 0 Å². The first-order valence-electron chi connectivity index (χ1n) is 11.9. The minimum Gasteiger partial charge on any atom is -0.494 e. The second kappa shape index (κ2) is 10.6. The molecule has 0 radical (unpaired) electrons. The fraction of sp³-hybridized carbons (Fsp3) is 0.407. The number of aromatic nitrogens is 2. The van der Waals surface area contributed by atoms with Gasteiger partial charge >= 0.3 is 0 Å². The number of carbonyl (C=O) groups is 1. The van der Waals surface area contributed by atoms with E-state index in [9.17, 15) is 4.79 Å². The molecule has 1 amide bonds. The summed E-state index contributed by atoms with van der Waals surface area (Å²) in [4.78, 5) is 17.8. The normalized spacial score (nSPS) is 13.7. The molecule has 0 atom stereocenters. The first-order chi connectivity index (χ1) is 16.4. The predicted molar refractivity (Wildman–Crippen MR) is 136 cm³/mol. The Morgan fingerprint density at radius 3 is 2.71 bits per heavy atom. The Kier molecular flexibility index (Phi) is 7.59. The van der Waals surface area contributed by atoms with Crippen molar-refractivity contribution in [2.75, 3.05) is 26.7 Å². The summed E-state index contributed by atoms with van der Waals surface area (Å²) in [6.07, 6.45) is 0.903. The van der Waals surface area contributed by atoms with E-state index >= 15 is 0 Å². The highest BCUT2D eigenvalue weighted by molar-refractivity contribution is 6.30. The lowest BCUT2D eigenvalue weighted by Crippen LogP contribution is -2.35. The van der Waals surface area contributed by atoms with Crippen LogP contribution in [0.5, 0.6) is 5.75 Å². The topological polar surface area (TPSA) is 50.6 Å². The molecule has 180 valence electrons. The summed E-state index contributed by atoms with van der Waals surface area (Å²) in [6, 6.07) is 15.1. The molecule has 1 aliphatic rings. The lowest BCUT2D eigenvalue weighted by molar-refractivity contribution is 0.0719. The maximum absolute atomic E-state index is 13.5. The van der Waals surface area contributed by atoms with E-state index in [2.05, 4.69) is 25.7 Å². The molecule has 0 spiro atoms. The van der Waals surface area contributed by atoms with Gasteiger partial charge in [0.2, 0.25) is 0 Å². The van der Waals surface area contributed by atoms with Gasteiger partial charge in [-0.15, -0.1) is 0 Å². The van der Waals surface area contributed by atoms with Gasteiger partial charge in [-0.05, 0) is 42.8 Å². The molecule has 6 nitrogen and oxygen atoms in total. The van der Waals surface area contributed by atoms with Crippen molar-refractivity contribution in [3.63, 3.8) is 0 Å². The first-order valence-corrected chi connectivity index (χ1v) is 12.3. The summed E-state index contributed by atoms with van der Waals surface area (Å²) in [6.45, 7) is 10.3. The smallest absolute Gasteiger partial charge is 0.254 e. The molecule has 1 aromatic heterocycles. The third-order valence-electron chi connectivity index (χ3n) is 6.27. The maximum Gasteiger partial charge on any atom is 0.254 e. The molecule has 2 heterocycles. The third kappa shape index (κ3) is 5.13. The average Bonchev–Trinajstić information content (AvgIpc) is 3.20. The standard InChI is InChI=1S/C27H33ClN4O2/c1-5-30-14-13-24-22(17-30)23(29-32(24)25-11-6-7-12-26(25)34-4)18-31(16-19(2)3)27(33)20-9-8-10-21(28)15-20/h6-12,15,19H,5,13-14,16-18H2,1-4H3. The fourth-order valence-electron chi connectivity index (χ4n) is 4.59. The van der Waals surface area contributed by atoms with Crippen LogP contribution in [0.3, 0.4) is 0 Å². The van der Waals surface area contributed by atoms with Crippen LogP contribution in [0.25, 0.3) is 5.69 Å². The Bertz CT molecular complexity index is 1160. The summed E-state index contributed by atoms with van der Waals surface area (Å²) in [5, 5.41) is 5.63. The molecule has 34 heavy (non-hydrogen) atoms. The van der Waals surface area contributed by atoms with Crippen molar-refractivity contribution in [1.29, 1.82) is 0 Å². The molecule has 0 unspecified atom stereocenters. The molecule has 0 bridgehead atoms. The number of para-hydroxylation sites is 2. The van der Waals surface area contributed by atoms with Gasteiger partial charge in [0.1, 0.15) is 11.4 Å². The number of hydrogen-bond donors (Lipinski definition) is 0. The number of halogens is 1. The number of ether oxygens (including phenoxy) is 1. The third-order valence-corrected chi connectivity index (χ3v) is 6.50. The molecule has 0 aliphatic carbocycles. The molecule has 1 aliphatic heterocycles. The van der Waals surface area contributed by atoms with Gasteiger partial charge in [0.15, 0.2) is 0 Å². The minimum atomic E-state index is -0.0278. The Labute approximate surface area is 207 Å². The molecule has 3 aromatic rings. The van der Waals surface area contributed by atoms with Gasteiger partial charge < -0.3 is 9.64 Å². The van der Waals surface area contributed by atoms with Crippen molar-refractivity contribution >= 4 is 17.5 Å². The fourth-order valence-corrected chi connectivity index (χ4v) is 4.78. The Morgan fingerprint density at radius 2 is 2.00 bits per heavy atom. The molecule has 2 aromatic carbocycles. The van der Waals surface area contributed by atoms with Gasteiger partial charge in [-0.25, -0.2) is 4.68 Å². The van der Waals surface area contributed by atoms with Crippen LogP contribution >= 0.6 is 11.6 Å². The van der Waals surface area contributed by atoms with E-state index in [-0.39, 0.29) is 5.91 Å². The van der Waals surface area contributed by atoms with E-state index in [1.165, 1.54) is 11.3 Å². The maximum atomic E-state index is 13.5. The number of carbonyl (C=O) groups excluding carboxylic acids is 1. The number of benzene rings is 2. The largest absolute Gasteiger partial charge is 0.494 e. The quantitative estimate of drug-likeness (QED) is 0.444. The van der Waals surface area contributed by atoms with Crippen LogP contribution in [0.1, 0.15) is 48.1 Å². The zero-order valence-corrected chi connectivity index (χ0v) is 21.2. The molecule has 0 N–H and O–H groups in total. The van der Waals surface area contributed by atoms with E-state index in [4.69, 9.17) is 21.4 Å². The Balaban J connectivity index is 1.76. The summed E-state index contributed by atoms with van der Waals surface area (Å²) < 4.78 is 7.66. The molecule has 0 fully saturated rings. The lowest BCUT2D eigenvalue weighted by Gasteiger charge is -2.28. The second-order valence-corrected chi connectivity index (χ2v) is 9.60. The van der Waals surface area contributed by atoms with Crippen molar-refractivity contribution < 1.29 is 9.53 Å². The van der Waals surface area contributed by atoms with Gasteiger partial charge in [0.05, 0.1) is 25.0 Å². The minimum absolute atomic E-state index is 0.0278. The monoisotopic (exact) mass is 480 g/mol. The van der Waals surface area contributed by atoms with Crippen molar-refractivity contribution in [2.45, 2.75) is 40.3 Å². The number of fused-ring (bicyclic) bond motifs is 1. The van der Waals surface area contributed by atoms with Crippen LogP contribution in [-0.2, 0) is 19.5 Å². The first kappa shape index (κ1) is 24.3. The molecule has 0 saturated carbocycles. The number of likely N-dealkylation sites (N-methyl/N-ethyl adjacent to an activating group) is 1. The van der Waals surface area contributed by atoms with Crippen LogP contribution in [0, 0.1) is 5.92 Å². The van der Waals surface area contributed by atoms with Crippen molar-refractivity contribution in [2.24, 2.45) is 5.92 Å². The van der Waals surface area contributed by atoms with Crippen molar-refractivity contribution in [1.82, 2.24) is 19.6 Å². The lowest BCUT2D eigenvalue weighted by atomic mass is 10.0. The summed E-state index contributed by atoms with van der Waals surface area (Å²) in [5.41, 5.74) is 4.88. The number of hydrogen-bond acceptors (Lipinski definition) is 4. The zero-order valence-electron chi connectivity index (χ0n) is 20.4. The highest BCUT2D eigenvalue weighted by Crippen LogP contribution is 2.30. The summed E-state index contributed by atoms with van der Waals surface area (Å²) in [5.74, 6) is 1.08. The highest BCUT2D eigenvalue weighted by Gasteiger charge is 2.28. The SMILES string of the molecule is CCN1CCc2c(c(CN(CC(C)C)C(=O)c3cccc(Cl)c3)nn2-c2ccccc2OC)C1. The molecular weight excluding hydrogens is 448 g/mol. The molecular formula is C27H33ClN4O2. The van der Waals surface area contributed by atoms with Crippen LogP contribution < -0.4 is 4.74 Å². The van der Waals surface area contributed by atoms with E-state index < -0.39 is 0 Å². The summed E-state index contributed by atoms with van der Waals surface area (Å²) >= 11 is 6.18. The number of nitrogens with zero attached hydrogens (tertiary/aromatic N) is 4.